The Morgan fingerprint density at radius 3 is 2.51 bits per heavy atom. The van der Waals surface area contributed by atoms with Gasteiger partial charge in [0.15, 0.2) is 0 Å². The maximum absolute atomic E-state index is 13.0. The first kappa shape index (κ1) is 33.9. The molecule has 5 rings (SSSR count). The van der Waals surface area contributed by atoms with E-state index in [1.165, 1.54) is 6.08 Å². The molecule has 0 radical (unpaired) electrons. The molecule has 2 aromatic rings. The van der Waals surface area contributed by atoms with Crippen LogP contribution in [0.5, 0.6) is 5.75 Å². The summed E-state index contributed by atoms with van der Waals surface area (Å²) in [7, 11) is -3.74. The molecule has 2 fully saturated rings. The molecule has 47 heavy (non-hydrogen) atoms. The van der Waals surface area contributed by atoms with Gasteiger partial charge in [0.1, 0.15) is 18.4 Å². The highest BCUT2D eigenvalue weighted by Crippen LogP contribution is 2.39. The van der Waals surface area contributed by atoms with Gasteiger partial charge < -0.3 is 25.7 Å². The summed E-state index contributed by atoms with van der Waals surface area (Å²) in [6.45, 7) is 4.48. The molecule has 0 aliphatic heterocycles. The lowest BCUT2D eigenvalue weighted by molar-refractivity contribution is -0.131. The highest BCUT2D eigenvalue weighted by atomic mass is 32.2. The van der Waals surface area contributed by atoms with Crippen molar-refractivity contribution in [3.8, 4) is 16.9 Å². The second-order valence-corrected chi connectivity index (χ2v) is 14.2. The van der Waals surface area contributed by atoms with Crippen LogP contribution in [-0.2, 0) is 24.4 Å². The van der Waals surface area contributed by atoms with Crippen LogP contribution in [0.3, 0.4) is 0 Å². The predicted octanol–water partition coefficient (Wildman–Crippen LogP) is 4.31. The largest absolute Gasteiger partial charge is 0.791 e. The lowest BCUT2D eigenvalue weighted by Crippen LogP contribution is -2.49. The zero-order chi connectivity index (χ0) is 33.4. The number of ether oxygens (including phenoxy) is 1. The molecule has 3 atom stereocenters. The van der Waals surface area contributed by atoms with Crippen LogP contribution in [0.15, 0.2) is 72.4 Å². The Balaban J connectivity index is 0.964. The topological polar surface area (TPSA) is 166 Å². The number of nitrogens with zero attached hydrogens (tertiary/aromatic N) is 1. The van der Waals surface area contributed by atoms with E-state index < -0.39 is 33.1 Å². The fraction of sp³-hybridized carbons (Fsp3) is 0.429. The van der Waals surface area contributed by atoms with Crippen LogP contribution < -0.4 is 20.1 Å². The minimum absolute atomic E-state index is 0.116. The summed E-state index contributed by atoms with van der Waals surface area (Å²) >= 11 is 0. The van der Waals surface area contributed by atoms with Crippen molar-refractivity contribution in [1.29, 1.82) is 0 Å². The third-order valence-electron chi connectivity index (χ3n) is 8.91. The van der Waals surface area contributed by atoms with Crippen molar-refractivity contribution in [3.05, 3.63) is 83.6 Å². The number of hydrogen-bond donors (Lipinski definition) is 3. The fourth-order valence-electron chi connectivity index (χ4n) is 6.25. The van der Waals surface area contributed by atoms with Crippen LogP contribution >= 0.6 is 0 Å². The monoisotopic (exact) mass is 661 g/mol. The third-order valence-corrected chi connectivity index (χ3v) is 10.7. The van der Waals surface area contributed by atoms with E-state index in [0.29, 0.717) is 43.9 Å². The summed E-state index contributed by atoms with van der Waals surface area (Å²) < 4.78 is 32.1. The SMILES string of the molecule is C=CC(NC(=O)[C@@H]1CCCC1CC(=O)NCCCC/C=C/COc1ccc2c(c1)/C(=N/[O-])c1ccccc1-2)C(=O)NS(=O)(=O)C1CC1. The van der Waals surface area contributed by atoms with E-state index in [4.69, 9.17) is 4.74 Å². The third kappa shape index (κ3) is 8.48. The Hall–Kier alpha value is -4.45. The average Bonchev–Trinajstić information content (AvgIpc) is 3.76. The molecule has 0 heterocycles. The Labute approximate surface area is 275 Å². The number of carbonyl (C=O) groups excluding carboxylic acids is 3. The summed E-state index contributed by atoms with van der Waals surface area (Å²) in [4.78, 5) is 38.0. The first-order valence-corrected chi connectivity index (χ1v) is 17.7. The molecular formula is C35H41N4O7S-. The number of sulfonamides is 1. The summed E-state index contributed by atoms with van der Waals surface area (Å²) in [6.07, 6.45) is 11.1. The Bertz CT molecular complexity index is 1670. The number of unbranched alkanes of at least 4 members (excludes halogenated alkanes) is 2. The van der Waals surface area contributed by atoms with E-state index in [9.17, 15) is 28.0 Å². The van der Waals surface area contributed by atoms with Crippen molar-refractivity contribution in [2.45, 2.75) is 69.1 Å². The van der Waals surface area contributed by atoms with Crippen molar-refractivity contribution in [2.24, 2.45) is 17.0 Å². The summed E-state index contributed by atoms with van der Waals surface area (Å²) in [5.74, 6) is -1.23. The number of rotatable bonds is 16. The molecule has 3 aliphatic carbocycles. The summed E-state index contributed by atoms with van der Waals surface area (Å²) in [5.41, 5.74) is 4.01. The molecule has 250 valence electrons. The van der Waals surface area contributed by atoms with Gasteiger partial charge in [0.05, 0.1) is 11.0 Å². The van der Waals surface area contributed by atoms with Crippen molar-refractivity contribution < 1.29 is 27.5 Å². The van der Waals surface area contributed by atoms with Gasteiger partial charge in [-0.2, -0.15) is 0 Å². The van der Waals surface area contributed by atoms with Gasteiger partial charge in [0.2, 0.25) is 21.8 Å². The number of carbonyl (C=O) groups is 3. The van der Waals surface area contributed by atoms with Gasteiger partial charge in [0, 0.05) is 30.0 Å². The fourth-order valence-corrected chi connectivity index (χ4v) is 7.58. The number of nitrogens with one attached hydrogen (secondary N) is 3. The number of allylic oxidation sites excluding steroid dienone is 1. The molecule has 11 nitrogen and oxygen atoms in total. The number of fused-ring (bicyclic) bond motifs is 3. The Morgan fingerprint density at radius 2 is 1.77 bits per heavy atom. The van der Waals surface area contributed by atoms with Crippen molar-refractivity contribution in [2.75, 3.05) is 13.2 Å². The van der Waals surface area contributed by atoms with Crippen LogP contribution in [0.25, 0.3) is 11.1 Å². The van der Waals surface area contributed by atoms with Crippen LogP contribution in [0, 0.1) is 17.0 Å². The highest BCUT2D eigenvalue weighted by Gasteiger charge is 2.39. The van der Waals surface area contributed by atoms with Crippen LogP contribution in [0.2, 0.25) is 0 Å². The van der Waals surface area contributed by atoms with Gasteiger partial charge in [-0.05, 0) is 80.2 Å². The molecule has 3 aliphatic rings. The smallest absolute Gasteiger partial charge is 0.260 e. The maximum atomic E-state index is 13.0. The quantitative estimate of drug-likeness (QED) is 0.117. The van der Waals surface area contributed by atoms with E-state index >= 15 is 0 Å². The predicted molar refractivity (Wildman–Crippen MR) is 180 cm³/mol. The van der Waals surface area contributed by atoms with Crippen molar-refractivity contribution in [3.63, 3.8) is 0 Å². The Kier molecular flexibility index (Phi) is 11.1. The molecule has 0 aromatic heterocycles. The number of benzene rings is 2. The Morgan fingerprint density at radius 1 is 1.00 bits per heavy atom. The second kappa shape index (κ2) is 15.4. The molecule has 3 N–H and O–H groups in total. The number of hydrogen-bond acceptors (Lipinski definition) is 8. The number of amides is 3. The molecule has 12 heteroatoms. The molecule has 2 saturated carbocycles. The molecule has 0 spiro atoms. The maximum Gasteiger partial charge on any atom is 0.260 e. The van der Waals surface area contributed by atoms with Gasteiger partial charge >= 0.3 is 0 Å². The molecule has 0 bridgehead atoms. The van der Waals surface area contributed by atoms with E-state index in [1.807, 2.05) is 59.3 Å². The zero-order valence-corrected chi connectivity index (χ0v) is 27.1. The summed E-state index contributed by atoms with van der Waals surface area (Å²) in [5, 5.41) is 19.8. The second-order valence-electron chi connectivity index (χ2n) is 12.3. The van der Waals surface area contributed by atoms with Gasteiger partial charge in [0.25, 0.3) is 5.91 Å². The molecule has 2 unspecified atom stereocenters. The minimum atomic E-state index is -3.74. The molecular weight excluding hydrogens is 620 g/mol. The first-order chi connectivity index (χ1) is 22.7. The van der Waals surface area contributed by atoms with Crippen molar-refractivity contribution >= 4 is 33.5 Å². The highest BCUT2D eigenvalue weighted by molar-refractivity contribution is 7.90. The van der Waals surface area contributed by atoms with E-state index in [0.717, 1.165) is 54.4 Å². The van der Waals surface area contributed by atoms with E-state index in [1.54, 1.807) is 0 Å². The average molecular weight is 662 g/mol. The lowest BCUT2D eigenvalue weighted by atomic mass is 9.91. The van der Waals surface area contributed by atoms with Crippen LogP contribution in [0.1, 0.15) is 68.9 Å². The van der Waals surface area contributed by atoms with E-state index in [2.05, 4.69) is 22.4 Å². The zero-order valence-electron chi connectivity index (χ0n) is 26.3. The lowest BCUT2D eigenvalue weighted by Gasteiger charge is -2.21. The van der Waals surface area contributed by atoms with Crippen molar-refractivity contribution in [1.82, 2.24) is 15.4 Å². The standard InChI is InChI=1S/C35H42N4O7S/c1-2-31(35(42)39-47(44,45)25-16-17-25)37-34(41)26-14-10-11-23(26)21-32(40)36-19-8-4-3-5-9-20-46-24-15-18-28-27-12-6-7-13-29(27)33(38-43)30(28)22-24/h2,5-7,9,12-13,15,18,22-23,25-26,31,43H,1,3-4,8,10-11,14,16-17,19-21H2,(H,36,40)(H,37,41)(H,39,42)/p-1/b9-5+,38-33+/t23?,26-,31?/m1/s1. The van der Waals surface area contributed by atoms with Crippen LogP contribution in [0.4, 0.5) is 0 Å². The van der Waals surface area contributed by atoms with Gasteiger partial charge in [-0.3, -0.25) is 19.1 Å². The normalized spacial score (nSPS) is 20.0. The molecule has 2 aromatic carbocycles. The molecule has 0 saturated heterocycles. The summed E-state index contributed by atoms with van der Waals surface area (Å²) in [6, 6.07) is 12.2. The first-order valence-electron chi connectivity index (χ1n) is 16.2. The van der Waals surface area contributed by atoms with Crippen LogP contribution in [-0.4, -0.2) is 56.3 Å². The van der Waals surface area contributed by atoms with Gasteiger partial charge in [-0.25, -0.2) is 8.42 Å². The molecule has 3 amide bonds. The van der Waals surface area contributed by atoms with Gasteiger partial charge in [-0.1, -0.05) is 48.9 Å². The minimum Gasteiger partial charge on any atom is -0.791 e. The van der Waals surface area contributed by atoms with Gasteiger partial charge in [-0.15, -0.1) is 6.58 Å². The van der Waals surface area contributed by atoms with E-state index in [-0.39, 0.29) is 24.2 Å².